The fraction of sp³-hybridized carbons (Fsp3) is 0.0455. The Bertz CT molecular complexity index is 1290. The third-order valence-electron chi connectivity index (χ3n) is 4.71. The van der Waals surface area contributed by atoms with E-state index in [9.17, 15) is 14.9 Å². The molecule has 0 saturated carbocycles. The number of fused-ring (bicyclic) bond motifs is 1. The number of benzene rings is 3. The Morgan fingerprint density at radius 3 is 2.48 bits per heavy atom. The summed E-state index contributed by atoms with van der Waals surface area (Å²) in [4.78, 5) is 23.5. The maximum atomic E-state index is 12.9. The van der Waals surface area contributed by atoms with Crippen LogP contribution in [0.4, 0.5) is 5.69 Å². The summed E-state index contributed by atoms with van der Waals surface area (Å²) in [6, 6.07) is 16.5. The summed E-state index contributed by atoms with van der Waals surface area (Å²) in [5, 5.41) is 12.5. The van der Waals surface area contributed by atoms with Crippen molar-refractivity contribution in [2.45, 2.75) is 6.92 Å². The van der Waals surface area contributed by atoms with Crippen LogP contribution in [0.25, 0.3) is 22.1 Å². The van der Waals surface area contributed by atoms with Gasteiger partial charge in [0.2, 0.25) is 5.78 Å². The number of nitro benzene ring substituents is 1. The van der Waals surface area contributed by atoms with E-state index in [0.29, 0.717) is 27.3 Å². The maximum absolute atomic E-state index is 12.9. The first-order valence-corrected chi connectivity index (χ1v) is 9.38. The van der Waals surface area contributed by atoms with E-state index in [4.69, 9.17) is 27.6 Å². The van der Waals surface area contributed by atoms with Gasteiger partial charge in [-0.2, -0.15) is 0 Å². The second-order valence-electron chi connectivity index (χ2n) is 6.53. The molecule has 7 heteroatoms. The first-order valence-electron chi connectivity index (χ1n) is 8.63. The second-order valence-corrected chi connectivity index (χ2v) is 7.37. The van der Waals surface area contributed by atoms with Crippen molar-refractivity contribution in [2.24, 2.45) is 0 Å². The van der Waals surface area contributed by atoms with E-state index >= 15 is 0 Å². The number of nitro groups is 1. The monoisotopic (exact) mass is 425 g/mol. The average molecular weight is 426 g/mol. The minimum Gasteiger partial charge on any atom is -0.452 e. The summed E-state index contributed by atoms with van der Waals surface area (Å²) in [6.07, 6.45) is 0. The van der Waals surface area contributed by atoms with Crippen LogP contribution in [0.15, 0.2) is 65.1 Å². The SMILES string of the molecule is Cc1c(C(=O)c2ccc(Cl)cc2Cl)oc2cc(-c3cccc([N+](=O)[O-])c3)ccc12. The van der Waals surface area contributed by atoms with Crippen LogP contribution in [-0.2, 0) is 0 Å². The molecule has 29 heavy (non-hydrogen) atoms. The van der Waals surface area contributed by atoms with Crippen molar-refractivity contribution in [3.8, 4) is 11.1 Å². The molecule has 144 valence electrons. The second kappa shape index (κ2) is 7.35. The molecule has 0 aliphatic heterocycles. The van der Waals surface area contributed by atoms with Gasteiger partial charge < -0.3 is 4.42 Å². The van der Waals surface area contributed by atoms with Crippen molar-refractivity contribution in [1.29, 1.82) is 0 Å². The third-order valence-corrected chi connectivity index (χ3v) is 5.26. The molecule has 0 amide bonds. The predicted octanol–water partition coefficient (Wildman–Crippen LogP) is 6.85. The van der Waals surface area contributed by atoms with Crippen LogP contribution in [0.2, 0.25) is 10.0 Å². The molecule has 0 fully saturated rings. The topological polar surface area (TPSA) is 73.3 Å². The van der Waals surface area contributed by atoms with Crippen LogP contribution in [0.3, 0.4) is 0 Å². The number of aryl methyl sites for hydroxylation is 1. The number of furan rings is 1. The Morgan fingerprint density at radius 2 is 1.76 bits per heavy atom. The Morgan fingerprint density at radius 1 is 1.00 bits per heavy atom. The molecule has 1 heterocycles. The highest BCUT2D eigenvalue weighted by molar-refractivity contribution is 6.37. The molecule has 0 saturated heterocycles. The van der Waals surface area contributed by atoms with Gasteiger partial charge >= 0.3 is 0 Å². The van der Waals surface area contributed by atoms with E-state index in [1.807, 2.05) is 12.1 Å². The lowest BCUT2D eigenvalue weighted by molar-refractivity contribution is -0.384. The Kier molecular flexibility index (Phi) is 4.86. The third kappa shape index (κ3) is 3.50. The van der Waals surface area contributed by atoms with E-state index < -0.39 is 4.92 Å². The van der Waals surface area contributed by atoms with Gasteiger partial charge in [0.15, 0.2) is 5.76 Å². The number of halogens is 2. The summed E-state index contributed by atoms with van der Waals surface area (Å²) >= 11 is 12.1. The van der Waals surface area contributed by atoms with Gasteiger partial charge in [0, 0.05) is 33.7 Å². The van der Waals surface area contributed by atoms with Gasteiger partial charge in [-0.25, -0.2) is 0 Å². The lowest BCUT2D eigenvalue weighted by Gasteiger charge is -2.02. The molecule has 5 nitrogen and oxygen atoms in total. The lowest BCUT2D eigenvalue weighted by Crippen LogP contribution is -2.02. The van der Waals surface area contributed by atoms with Crippen molar-refractivity contribution in [3.05, 3.63) is 97.7 Å². The lowest BCUT2D eigenvalue weighted by atomic mass is 10.0. The molecule has 3 aromatic carbocycles. The number of nitrogens with zero attached hydrogens (tertiary/aromatic N) is 1. The molecule has 0 bridgehead atoms. The smallest absolute Gasteiger partial charge is 0.270 e. The zero-order valence-electron chi connectivity index (χ0n) is 15.1. The normalized spacial score (nSPS) is 11.0. The van der Waals surface area contributed by atoms with Gasteiger partial charge in [-0.15, -0.1) is 0 Å². The molecule has 0 aliphatic rings. The Balaban J connectivity index is 1.79. The molecule has 4 rings (SSSR count). The molecule has 0 spiro atoms. The summed E-state index contributed by atoms with van der Waals surface area (Å²) in [5.41, 5.74) is 2.95. The standard InChI is InChI=1S/C22H13Cl2NO4/c1-12-17-7-5-14(13-3-2-4-16(9-13)25(27)28)10-20(17)29-22(12)21(26)18-8-6-15(23)11-19(18)24/h2-11H,1H3. The highest BCUT2D eigenvalue weighted by Gasteiger charge is 2.22. The molecule has 0 radical (unpaired) electrons. The summed E-state index contributed by atoms with van der Waals surface area (Å²) in [5.74, 6) is -0.141. The number of ketones is 1. The maximum Gasteiger partial charge on any atom is 0.270 e. The Labute approximate surface area is 175 Å². The van der Waals surface area contributed by atoms with Gasteiger partial charge in [0.25, 0.3) is 5.69 Å². The first-order chi connectivity index (χ1) is 13.8. The molecule has 1 aromatic heterocycles. The van der Waals surface area contributed by atoms with E-state index in [1.54, 1.807) is 37.3 Å². The largest absolute Gasteiger partial charge is 0.452 e. The quantitative estimate of drug-likeness (QED) is 0.203. The fourth-order valence-corrected chi connectivity index (χ4v) is 3.71. The first kappa shape index (κ1) is 19.2. The van der Waals surface area contributed by atoms with E-state index in [-0.39, 0.29) is 22.3 Å². The van der Waals surface area contributed by atoms with Crippen LogP contribution < -0.4 is 0 Å². The molecule has 0 N–H and O–H groups in total. The van der Waals surface area contributed by atoms with Crippen molar-refractivity contribution in [2.75, 3.05) is 0 Å². The van der Waals surface area contributed by atoms with Gasteiger partial charge in [0.05, 0.1) is 9.95 Å². The van der Waals surface area contributed by atoms with Gasteiger partial charge in [-0.05, 0) is 42.3 Å². The zero-order chi connectivity index (χ0) is 20.7. The number of rotatable bonds is 4. The predicted molar refractivity (Wildman–Crippen MR) is 113 cm³/mol. The molecular formula is C22H13Cl2NO4. The molecule has 0 aliphatic carbocycles. The van der Waals surface area contributed by atoms with Crippen LogP contribution in [-0.4, -0.2) is 10.7 Å². The zero-order valence-corrected chi connectivity index (χ0v) is 16.6. The summed E-state index contributed by atoms with van der Waals surface area (Å²) in [6.45, 7) is 1.80. The van der Waals surface area contributed by atoms with Crippen molar-refractivity contribution in [1.82, 2.24) is 0 Å². The fourth-order valence-electron chi connectivity index (χ4n) is 3.22. The number of carbonyl (C=O) groups excluding carboxylic acids is 1. The van der Waals surface area contributed by atoms with Crippen LogP contribution in [0, 0.1) is 17.0 Å². The van der Waals surface area contributed by atoms with Crippen molar-refractivity contribution >= 4 is 45.6 Å². The summed E-state index contributed by atoms with van der Waals surface area (Å²) < 4.78 is 5.87. The average Bonchev–Trinajstić information content (AvgIpc) is 3.03. The highest BCUT2D eigenvalue weighted by Crippen LogP contribution is 2.33. The van der Waals surface area contributed by atoms with E-state index in [2.05, 4.69) is 0 Å². The van der Waals surface area contributed by atoms with Crippen molar-refractivity contribution < 1.29 is 14.1 Å². The van der Waals surface area contributed by atoms with Crippen LogP contribution in [0.1, 0.15) is 21.7 Å². The number of non-ortho nitro benzene ring substituents is 1. The van der Waals surface area contributed by atoms with Gasteiger partial charge in [-0.1, -0.05) is 47.5 Å². The van der Waals surface area contributed by atoms with Gasteiger partial charge in [-0.3, -0.25) is 14.9 Å². The van der Waals surface area contributed by atoms with Crippen molar-refractivity contribution in [3.63, 3.8) is 0 Å². The number of hydrogen-bond donors (Lipinski definition) is 0. The van der Waals surface area contributed by atoms with Gasteiger partial charge in [0.1, 0.15) is 5.58 Å². The molecule has 0 atom stereocenters. The number of hydrogen-bond acceptors (Lipinski definition) is 4. The summed E-state index contributed by atoms with van der Waals surface area (Å²) in [7, 11) is 0. The molecular weight excluding hydrogens is 413 g/mol. The minimum atomic E-state index is -0.439. The van der Waals surface area contributed by atoms with E-state index in [0.717, 1.165) is 10.9 Å². The Hall–Kier alpha value is -3.15. The minimum absolute atomic E-state index is 0.00599. The van der Waals surface area contributed by atoms with Crippen LogP contribution in [0.5, 0.6) is 0 Å². The molecule has 0 unspecified atom stereocenters. The molecule has 4 aromatic rings. The number of carbonyl (C=O) groups is 1. The van der Waals surface area contributed by atoms with Crippen LogP contribution >= 0.6 is 23.2 Å². The van der Waals surface area contributed by atoms with E-state index in [1.165, 1.54) is 18.2 Å². The highest BCUT2D eigenvalue weighted by atomic mass is 35.5.